The Balaban J connectivity index is 2.16. The summed E-state index contributed by atoms with van der Waals surface area (Å²) in [4.78, 5) is 0. The first-order valence-corrected chi connectivity index (χ1v) is 8.82. The van der Waals surface area contributed by atoms with Gasteiger partial charge >= 0.3 is 0 Å². The van der Waals surface area contributed by atoms with Crippen molar-refractivity contribution in [2.75, 3.05) is 0 Å². The summed E-state index contributed by atoms with van der Waals surface area (Å²) in [6.45, 7) is 14.5. The molecule has 1 aliphatic heterocycles. The average Bonchev–Trinajstić information content (AvgIpc) is 2.46. The number of aromatic hydroxyl groups is 2. The second-order valence-corrected chi connectivity index (χ2v) is 9.14. The molecule has 0 radical (unpaired) electrons. The van der Waals surface area contributed by atoms with Crippen LogP contribution in [-0.2, 0) is 10.8 Å². The number of rotatable bonds is 0. The van der Waals surface area contributed by atoms with E-state index >= 15 is 0 Å². The summed E-state index contributed by atoms with van der Waals surface area (Å²) in [5.74, 6) is 2.20. The molecule has 0 fully saturated rings. The largest absolute Gasteiger partial charge is 0.508 e. The van der Waals surface area contributed by atoms with Crippen LogP contribution in [0.4, 0.5) is 0 Å². The van der Waals surface area contributed by atoms with Gasteiger partial charge in [0.1, 0.15) is 23.0 Å². The number of phenolic OH excluding ortho intramolecular Hbond substituents is 2. The van der Waals surface area contributed by atoms with Crippen LogP contribution in [0.2, 0.25) is 0 Å². The van der Waals surface area contributed by atoms with Gasteiger partial charge in [-0.05, 0) is 35.1 Å². The van der Waals surface area contributed by atoms with Gasteiger partial charge in [0.25, 0.3) is 0 Å². The fourth-order valence-corrected chi connectivity index (χ4v) is 3.51. The smallest absolute Gasteiger partial charge is 0.131 e. The molecular formula is C22H28O3. The van der Waals surface area contributed by atoms with E-state index < -0.39 is 0 Å². The molecule has 0 spiro atoms. The lowest BCUT2D eigenvalue weighted by atomic mass is 9.80. The molecule has 0 saturated carbocycles. The van der Waals surface area contributed by atoms with E-state index in [0.29, 0.717) is 11.5 Å². The van der Waals surface area contributed by atoms with Gasteiger partial charge in [0, 0.05) is 28.2 Å². The maximum Gasteiger partial charge on any atom is 0.131 e. The highest BCUT2D eigenvalue weighted by atomic mass is 16.5. The zero-order valence-corrected chi connectivity index (χ0v) is 16.2. The predicted octanol–water partition coefficient (Wildman–Crippen LogP) is 5.95. The van der Waals surface area contributed by atoms with Crippen LogP contribution in [-0.4, -0.2) is 10.2 Å². The van der Waals surface area contributed by atoms with Crippen molar-refractivity contribution in [3.05, 3.63) is 46.5 Å². The van der Waals surface area contributed by atoms with Crippen molar-refractivity contribution < 1.29 is 14.9 Å². The van der Waals surface area contributed by atoms with Gasteiger partial charge in [-0.15, -0.1) is 0 Å². The van der Waals surface area contributed by atoms with Crippen LogP contribution in [0.1, 0.15) is 76.6 Å². The molecule has 0 aliphatic carbocycles. The molecule has 3 heteroatoms. The Morgan fingerprint density at radius 2 is 1.08 bits per heavy atom. The van der Waals surface area contributed by atoms with E-state index in [2.05, 4.69) is 48.5 Å². The van der Waals surface area contributed by atoms with E-state index in [1.54, 1.807) is 12.1 Å². The van der Waals surface area contributed by atoms with Crippen molar-refractivity contribution >= 4 is 0 Å². The third kappa shape index (κ3) is 2.97. The Morgan fingerprint density at radius 1 is 0.720 bits per heavy atom. The van der Waals surface area contributed by atoms with E-state index in [4.69, 9.17) is 4.74 Å². The molecule has 0 saturated heterocycles. The normalized spacial score (nSPS) is 14.7. The van der Waals surface area contributed by atoms with Gasteiger partial charge < -0.3 is 14.9 Å². The molecule has 3 nitrogen and oxygen atoms in total. The number of ether oxygens (including phenoxy) is 1. The third-order valence-electron chi connectivity index (χ3n) is 5.03. The quantitative estimate of drug-likeness (QED) is 0.623. The molecule has 25 heavy (non-hydrogen) atoms. The SMILES string of the molecule is CC1c2cc(O)c(C(C)(C)C)cc2Oc2cc(C(C)(C)C)c(O)cc21. The van der Waals surface area contributed by atoms with Crippen molar-refractivity contribution in [3.8, 4) is 23.0 Å². The Hall–Kier alpha value is -2.16. The number of phenols is 2. The molecule has 2 aromatic rings. The summed E-state index contributed by atoms with van der Waals surface area (Å²) in [5, 5.41) is 20.9. The maximum absolute atomic E-state index is 10.5. The van der Waals surface area contributed by atoms with Crippen molar-refractivity contribution in [3.63, 3.8) is 0 Å². The molecule has 1 aliphatic rings. The first kappa shape index (κ1) is 17.7. The van der Waals surface area contributed by atoms with E-state index in [0.717, 1.165) is 33.8 Å². The zero-order chi connectivity index (χ0) is 18.7. The maximum atomic E-state index is 10.5. The van der Waals surface area contributed by atoms with Gasteiger partial charge in [-0.3, -0.25) is 0 Å². The molecule has 2 aromatic carbocycles. The minimum Gasteiger partial charge on any atom is -0.508 e. The summed E-state index contributed by atoms with van der Waals surface area (Å²) >= 11 is 0. The topological polar surface area (TPSA) is 49.7 Å². The first-order chi connectivity index (χ1) is 11.4. The van der Waals surface area contributed by atoms with Gasteiger partial charge in [-0.25, -0.2) is 0 Å². The van der Waals surface area contributed by atoms with Gasteiger partial charge in [0.05, 0.1) is 0 Å². The van der Waals surface area contributed by atoms with Gasteiger partial charge in [0.15, 0.2) is 0 Å². The molecule has 2 N–H and O–H groups in total. The second kappa shape index (κ2) is 5.42. The first-order valence-electron chi connectivity index (χ1n) is 8.82. The van der Waals surface area contributed by atoms with E-state index in [-0.39, 0.29) is 16.7 Å². The molecule has 0 bridgehead atoms. The standard InChI is InChI=1S/C22H28O3/c1-12-13-8-17(23)15(21(2,3)4)10-19(13)25-20-11-16(22(5,6)7)18(24)9-14(12)20/h8-12,23-24H,1-7H3. The lowest BCUT2D eigenvalue weighted by Crippen LogP contribution is -2.16. The molecule has 0 aromatic heterocycles. The highest BCUT2D eigenvalue weighted by Gasteiger charge is 2.30. The fraction of sp³-hybridized carbons (Fsp3) is 0.455. The minimum atomic E-state index is -0.169. The number of fused-ring (bicyclic) bond motifs is 2. The Labute approximate surface area is 150 Å². The van der Waals surface area contributed by atoms with Crippen LogP contribution < -0.4 is 4.74 Å². The Bertz CT molecular complexity index is 766. The van der Waals surface area contributed by atoms with Gasteiger partial charge in [-0.2, -0.15) is 0 Å². The van der Waals surface area contributed by atoms with Gasteiger partial charge in [-0.1, -0.05) is 48.5 Å². The van der Waals surface area contributed by atoms with Crippen LogP contribution in [0.5, 0.6) is 23.0 Å². The number of hydrogen-bond acceptors (Lipinski definition) is 3. The lowest BCUT2D eigenvalue weighted by molar-refractivity contribution is 0.414. The second-order valence-electron chi connectivity index (χ2n) is 9.14. The van der Waals surface area contributed by atoms with Crippen LogP contribution in [0, 0.1) is 0 Å². The van der Waals surface area contributed by atoms with Crippen LogP contribution >= 0.6 is 0 Å². The van der Waals surface area contributed by atoms with Crippen LogP contribution in [0.25, 0.3) is 0 Å². The highest BCUT2D eigenvalue weighted by Crippen LogP contribution is 2.50. The van der Waals surface area contributed by atoms with Crippen molar-refractivity contribution in [1.82, 2.24) is 0 Å². The molecule has 134 valence electrons. The molecule has 0 atom stereocenters. The molecule has 3 rings (SSSR count). The average molecular weight is 340 g/mol. The van der Waals surface area contributed by atoms with Crippen molar-refractivity contribution in [1.29, 1.82) is 0 Å². The lowest BCUT2D eigenvalue weighted by Gasteiger charge is -2.31. The van der Waals surface area contributed by atoms with Crippen LogP contribution in [0.3, 0.4) is 0 Å². The predicted molar refractivity (Wildman–Crippen MR) is 101 cm³/mol. The summed E-state index contributed by atoms with van der Waals surface area (Å²) in [5.41, 5.74) is 3.30. The van der Waals surface area contributed by atoms with E-state index in [1.165, 1.54) is 0 Å². The number of hydrogen-bond donors (Lipinski definition) is 2. The molecule has 0 unspecified atom stereocenters. The Morgan fingerprint density at radius 3 is 1.40 bits per heavy atom. The highest BCUT2D eigenvalue weighted by molar-refractivity contribution is 5.61. The zero-order valence-electron chi connectivity index (χ0n) is 16.2. The van der Waals surface area contributed by atoms with Crippen molar-refractivity contribution in [2.24, 2.45) is 0 Å². The summed E-state index contributed by atoms with van der Waals surface area (Å²) < 4.78 is 6.21. The van der Waals surface area contributed by atoms with Crippen molar-refractivity contribution in [2.45, 2.75) is 65.2 Å². The van der Waals surface area contributed by atoms with E-state index in [9.17, 15) is 10.2 Å². The fourth-order valence-electron chi connectivity index (χ4n) is 3.51. The van der Waals surface area contributed by atoms with E-state index in [1.807, 2.05) is 12.1 Å². The Kier molecular flexibility index (Phi) is 3.83. The number of benzene rings is 2. The summed E-state index contributed by atoms with van der Waals surface area (Å²) in [6.07, 6.45) is 0. The molecular weight excluding hydrogens is 312 g/mol. The third-order valence-corrected chi connectivity index (χ3v) is 5.03. The van der Waals surface area contributed by atoms with Gasteiger partial charge in [0.2, 0.25) is 0 Å². The minimum absolute atomic E-state index is 0.0404. The molecule has 0 amide bonds. The summed E-state index contributed by atoms with van der Waals surface area (Å²) in [6, 6.07) is 7.51. The summed E-state index contributed by atoms with van der Waals surface area (Å²) in [7, 11) is 0. The molecule has 1 heterocycles. The monoisotopic (exact) mass is 340 g/mol. The van der Waals surface area contributed by atoms with Crippen LogP contribution in [0.15, 0.2) is 24.3 Å².